The summed E-state index contributed by atoms with van der Waals surface area (Å²) in [4.78, 5) is 30.7. The lowest BCUT2D eigenvalue weighted by atomic mass is 10.1. The lowest BCUT2D eigenvalue weighted by molar-refractivity contribution is -0.147. The molecule has 1 amide bonds. The van der Waals surface area contributed by atoms with Crippen molar-refractivity contribution in [1.29, 1.82) is 0 Å². The van der Waals surface area contributed by atoms with Gasteiger partial charge in [0.25, 0.3) is 0 Å². The number of benzene rings is 2. The van der Waals surface area contributed by atoms with Crippen molar-refractivity contribution in [3.8, 4) is 11.5 Å². The largest absolute Gasteiger partial charge is 0.466 e. The number of amides is 1. The van der Waals surface area contributed by atoms with E-state index in [2.05, 4.69) is 4.98 Å². The van der Waals surface area contributed by atoms with Crippen LogP contribution in [-0.4, -0.2) is 30.0 Å². The van der Waals surface area contributed by atoms with Crippen LogP contribution in [-0.2, 0) is 14.3 Å². The molecule has 1 aliphatic heterocycles. The molecule has 150 valence electrons. The molecule has 2 heterocycles. The van der Waals surface area contributed by atoms with Gasteiger partial charge in [-0.3, -0.25) is 9.59 Å². The van der Waals surface area contributed by atoms with Gasteiger partial charge in [-0.25, -0.2) is 4.98 Å². The van der Waals surface area contributed by atoms with E-state index in [4.69, 9.17) is 20.8 Å². The first-order valence-electron chi connectivity index (χ1n) is 9.52. The molecule has 1 saturated heterocycles. The van der Waals surface area contributed by atoms with Crippen molar-refractivity contribution >= 4 is 40.3 Å². The molecule has 1 aliphatic rings. The third kappa shape index (κ3) is 3.60. The van der Waals surface area contributed by atoms with Crippen molar-refractivity contribution in [1.82, 2.24) is 4.98 Å². The van der Waals surface area contributed by atoms with Gasteiger partial charge in [0.1, 0.15) is 5.52 Å². The average molecular weight is 413 g/mol. The Morgan fingerprint density at radius 3 is 2.86 bits per heavy atom. The number of anilines is 1. The Morgan fingerprint density at radius 2 is 2.10 bits per heavy atom. The molecular weight excluding hydrogens is 392 g/mol. The highest BCUT2D eigenvalue weighted by Gasteiger charge is 2.36. The summed E-state index contributed by atoms with van der Waals surface area (Å²) in [6.45, 7) is 6.31. The van der Waals surface area contributed by atoms with Gasteiger partial charge in [0.15, 0.2) is 5.58 Å². The first-order chi connectivity index (χ1) is 13.9. The number of carbonyl (C=O) groups is 2. The minimum absolute atomic E-state index is 0.125. The van der Waals surface area contributed by atoms with Crippen molar-refractivity contribution < 1.29 is 18.7 Å². The number of carbonyl (C=O) groups excluding carboxylic acids is 2. The van der Waals surface area contributed by atoms with Crippen molar-refractivity contribution in [2.45, 2.75) is 27.2 Å². The van der Waals surface area contributed by atoms with Crippen molar-refractivity contribution in [3.63, 3.8) is 0 Å². The zero-order valence-electron chi connectivity index (χ0n) is 16.5. The van der Waals surface area contributed by atoms with Crippen LogP contribution in [0.15, 0.2) is 34.7 Å². The third-order valence-electron chi connectivity index (χ3n) is 5.06. The van der Waals surface area contributed by atoms with E-state index in [1.807, 2.05) is 26.0 Å². The number of rotatable bonds is 4. The van der Waals surface area contributed by atoms with Gasteiger partial charge in [-0.15, -0.1) is 0 Å². The van der Waals surface area contributed by atoms with E-state index in [-0.39, 0.29) is 24.8 Å². The van der Waals surface area contributed by atoms with Crippen LogP contribution >= 0.6 is 11.6 Å². The van der Waals surface area contributed by atoms with Crippen LogP contribution in [0.2, 0.25) is 5.02 Å². The number of hydrogen-bond donors (Lipinski definition) is 0. The number of oxazole rings is 1. The summed E-state index contributed by atoms with van der Waals surface area (Å²) in [5.74, 6) is -0.534. The lowest BCUT2D eigenvalue weighted by Crippen LogP contribution is -2.26. The fourth-order valence-corrected chi connectivity index (χ4v) is 3.91. The maximum atomic E-state index is 12.5. The molecule has 0 saturated carbocycles. The monoisotopic (exact) mass is 412 g/mol. The molecule has 1 fully saturated rings. The first-order valence-corrected chi connectivity index (χ1v) is 9.90. The quantitative estimate of drug-likeness (QED) is 0.581. The minimum atomic E-state index is -0.462. The summed E-state index contributed by atoms with van der Waals surface area (Å²) in [6.07, 6.45) is 0.137. The molecule has 0 bridgehead atoms. The zero-order valence-corrected chi connectivity index (χ0v) is 17.2. The number of aromatic nitrogens is 1. The Bertz CT molecular complexity index is 1120. The fourth-order valence-electron chi connectivity index (χ4n) is 3.71. The van der Waals surface area contributed by atoms with Gasteiger partial charge >= 0.3 is 5.97 Å². The highest BCUT2D eigenvalue weighted by molar-refractivity contribution is 6.33. The molecule has 2 aromatic carbocycles. The second-order valence-electron chi connectivity index (χ2n) is 7.27. The summed E-state index contributed by atoms with van der Waals surface area (Å²) in [7, 11) is 0. The summed E-state index contributed by atoms with van der Waals surface area (Å²) in [6, 6.07) is 9.24. The number of aryl methyl sites for hydroxylation is 2. The standard InChI is InChI=1S/C22H21ClN2O4/c1-4-28-22(27)14-9-19(26)25(11-14)15-5-6-17(23)16(10-15)21-24-18-8-12(2)7-13(3)20(18)29-21/h5-8,10,14H,4,9,11H2,1-3H3. The second kappa shape index (κ2) is 7.52. The van der Waals surface area contributed by atoms with Crippen LogP contribution < -0.4 is 4.90 Å². The van der Waals surface area contributed by atoms with E-state index in [0.717, 1.165) is 16.6 Å². The molecule has 0 N–H and O–H groups in total. The van der Waals surface area contributed by atoms with Gasteiger partial charge < -0.3 is 14.1 Å². The number of ether oxygens (including phenoxy) is 1. The molecule has 6 nitrogen and oxygen atoms in total. The van der Waals surface area contributed by atoms with Crippen LogP contribution in [0, 0.1) is 19.8 Å². The molecule has 1 unspecified atom stereocenters. The van der Waals surface area contributed by atoms with Crippen LogP contribution in [0.4, 0.5) is 5.69 Å². The maximum Gasteiger partial charge on any atom is 0.311 e. The summed E-state index contributed by atoms with van der Waals surface area (Å²) >= 11 is 6.42. The minimum Gasteiger partial charge on any atom is -0.466 e. The highest BCUT2D eigenvalue weighted by atomic mass is 35.5. The average Bonchev–Trinajstić information content (AvgIpc) is 3.26. The Balaban J connectivity index is 1.69. The van der Waals surface area contributed by atoms with Crippen LogP contribution in [0.3, 0.4) is 0 Å². The normalized spacial score (nSPS) is 16.6. The maximum absolute atomic E-state index is 12.5. The molecule has 1 aromatic heterocycles. The molecule has 0 spiro atoms. The van der Waals surface area contributed by atoms with Gasteiger partial charge in [0, 0.05) is 18.7 Å². The van der Waals surface area contributed by atoms with Gasteiger partial charge in [-0.1, -0.05) is 17.7 Å². The summed E-state index contributed by atoms with van der Waals surface area (Å²) in [5.41, 5.74) is 4.83. The number of fused-ring (bicyclic) bond motifs is 1. The Labute approximate surface area is 173 Å². The van der Waals surface area contributed by atoms with Gasteiger partial charge in [0.05, 0.1) is 23.1 Å². The number of esters is 1. The molecule has 7 heteroatoms. The molecule has 0 aliphatic carbocycles. The smallest absolute Gasteiger partial charge is 0.311 e. The van der Waals surface area contributed by atoms with Crippen LogP contribution in [0.25, 0.3) is 22.6 Å². The SMILES string of the molecule is CCOC(=O)C1CC(=O)N(c2ccc(Cl)c(-c3nc4cc(C)cc(C)c4o3)c2)C1. The van der Waals surface area contributed by atoms with Crippen molar-refractivity contribution in [2.24, 2.45) is 5.92 Å². The number of hydrogen-bond acceptors (Lipinski definition) is 5. The molecule has 29 heavy (non-hydrogen) atoms. The highest BCUT2D eigenvalue weighted by Crippen LogP contribution is 2.36. The second-order valence-corrected chi connectivity index (χ2v) is 7.68. The molecule has 4 rings (SSSR count). The van der Waals surface area contributed by atoms with E-state index < -0.39 is 5.92 Å². The summed E-state index contributed by atoms with van der Waals surface area (Å²) in [5, 5.41) is 0.475. The van der Waals surface area contributed by atoms with Gasteiger partial charge in [-0.2, -0.15) is 0 Å². The van der Waals surface area contributed by atoms with E-state index in [9.17, 15) is 9.59 Å². The van der Waals surface area contributed by atoms with E-state index in [1.165, 1.54) is 0 Å². The predicted molar refractivity (Wildman–Crippen MR) is 111 cm³/mol. The number of nitrogens with zero attached hydrogens (tertiary/aromatic N) is 2. The predicted octanol–water partition coefficient (Wildman–Crippen LogP) is 4.68. The lowest BCUT2D eigenvalue weighted by Gasteiger charge is -2.17. The van der Waals surface area contributed by atoms with Crippen LogP contribution in [0.1, 0.15) is 24.5 Å². The van der Waals surface area contributed by atoms with Crippen molar-refractivity contribution in [2.75, 3.05) is 18.1 Å². The number of halogens is 1. The van der Waals surface area contributed by atoms with Crippen LogP contribution in [0.5, 0.6) is 0 Å². The molecule has 0 radical (unpaired) electrons. The molecule has 3 aromatic rings. The topological polar surface area (TPSA) is 72.6 Å². The molecule has 1 atom stereocenters. The van der Waals surface area contributed by atoms with E-state index in [1.54, 1.807) is 30.0 Å². The van der Waals surface area contributed by atoms with E-state index >= 15 is 0 Å². The Hall–Kier alpha value is -2.86. The Kier molecular flexibility index (Phi) is 5.04. The Morgan fingerprint density at radius 1 is 1.31 bits per heavy atom. The fraction of sp³-hybridized carbons (Fsp3) is 0.318. The van der Waals surface area contributed by atoms with Gasteiger partial charge in [0.2, 0.25) is 11.8 Å². The zero-order chi connectivity index (χ0) is 20.7. The summed E-state index contributed by atoms with van der Waals surface area (Å²) < 4.78 is 11.0. The third-order valence-corrected chi connectivity index (χ3v) is 5.39. The first kappa shape index (κ1) is 19.5. The van der Waals surface area contributed by atoms with E-state index in [0.29, 0.717) is 34.4 Å². The molecular formula is C22H21ClN2O4. The van der Waals surface area contributed by atoms with Crippen molar-refractivity contribution in [3.05, 3.63) is 46.5 Å². The van der Waals surface area contributed by atoms with Gasteiger partial charge in [-0.05, 0) is 56.2 Å².